The third-order valence-corrected chi connectivity index (χ3v) is 4.21. The molecule has 4 heteroatoms. The lowest BCUT2D eigenvalue weighted by molar-refractivity contribution is 0.749. The van der Waals surface area contributed by atoms with Gasteiger partial charge in [0.1, 0.15) is 0 Å². The Morgan fingerprint density at radius 3 is 2.32 bits per heavy atom. The van der Waals surface area contributed by atoms with Crippen LogP contribution < -0.4 is 5.32 Å². The third-order valence-electron chi connectivity index (χ3n) is 2.94. The number of nitrogens with one attached hydrogen (secondary N) is 1. The molecule has 1 atom stereocenters. The van der Waals surface area contributed by atoms with E-state index in [9.17, 15) is 0 Å². The maximum atomic E-state index is 6.07. The van der Waals surface area contributed by atoms with Crippen molar-refractivity contribution in [3.05, 3.63) is 62.5 Å². The van der Waals surface area contributed by atoms with Crippen molar-refractivity contribution in [1.29, 1.82) is 0 Å². The first kappa shape index (κ1) is 14.7. The first-order chi connectivity index (χ1) is 9.10. The second kappa shape index (κ2) is 6.65. The van der Waals surface area contributed by atoms with Crippen LogP contribution in [-0.4, -0.2) is 0 Å². The van der Waals surface area contributed by atoms with Crippen LogP contribution in [0.4, 0.5) is 5.69 Å². The molecule has 0 aliphatic carbocycles. The molecule has 0 aliphatic heterocycles. The predicted octanol–water partition coefficient (Wildman–Crippen LogP) is 6.32. The van der Waals surface area contributed by atoms with Crippen LogP contribution >= 0.6 is 39.1 Å². The van der Waals surface area contributed by atoms with Gasteiger partial charge in [0.15, 0.2) is 0 Å². The van der Waals surface area contributed by atoms with E-state index < -0.39 is 0 Å². The Hall–Kier alpha value is -0.700. The smallest absolute Gasteiger partial charge is 0.0595 e. The monoisotopic (exact) mass is 357 g/mol. The van der Waals surface area contributed by atoms with E-state index in [1.807, 2.05) is 42.5 Å². The molecule has 0 aromatic heterocycles. The lowest BCUT2D eigenvalue weighted by Crippen LogP contribution is -2.09. The van der Waals surface area contributed by atoms with Crippen molar-refractivity contribution in [2.75, 3.05) is 5.32 Å². The lowest BCUT2D eigenvalue weighted by Gasteiger charge is -2.19. The van der Waals surface area contributed by atoms with Gasteiger partial charge in [0, 0.05) is 10.2 Å². The van der Waals surface area contributed by atoms with Gasteiger partial charge in [0.25, 0.3) is 0 Å². The van der Waals surface area contributed by atoms with Crippen molar-refractivity contribution < 1.29 is 0 Å². The van der Waals surface area contributed by atoms with Crippen LogP contribution in [0.15, 0.2) is 46.9 Å². The highest BCUT2D eigenvalue weighted by atomic mass is 79.9. The van der Waals surface area contributed by atoms with Gasteiger partial charge in [-0.3, -0.25) is 0 Å². The van der Waals surface area contributed by atoms with Gasteiger partial charge >= 0.3 is 0 Å². The van der Waals surface area contributed by atoms with E-state index in [1.54, 1.807) is 0 Å². The van der Waals surface area contributed by atoms with E-state index in [0.717, 1.165) is 22.1 Å². The van der Waals surface area contributed by atoms with Crippen LogP contribution in [0.25, 0.3) is 0 Å². The fraction of sp³-hybridized carbons (Fsp3) is 0.200. The molecule has 0 amide bonds. The number of anilines is 1. The number of hydrogen-bond acceptors (Lipinski definition) is 1. The highest BCUT2D eigenvalue weighted by Gasteiger charge is 2.10. The van der Waals surface area contributed by atoms with Gasteiger partial charge < -0.3 is 5.32 Å². The zero-order valence-corrected chi connectivity index (χ0v) is 13.6. The summed E-state index contributed by atoms with van der Waals surface area (Å²) in [5.41, 5.74) is 2.22. The number of rotatable bonds is 4. The Morgan fingerprint density at radius 1 is 1.05 bits per heavy atom. The van der Waals surface area contributed by atoms with Crippen molar-refractivity contribution >= 4 is 44.8 Å². The Morgan fingerprint density at radius 2 is 1.74 bits per heavy atom. The zero-order valence-electron chi connectivity index (χ0n) is 10.5. The third kappa shape index (κ3) is 3.88. The SMILES string of the molecule is CCC(Nc1ccc(Br)cc1)c1ccc(Cl)c(Cl)c1. The van der Waals surface area contributed by atoms with Gasteiger partial charge in [0.2, 0.25) is 0 Å². The average Bonchev–Trinajstić information content (AvgIpc) is 2.41. The molecule has 0 heterocycles. The minimum atomic E-state index is 0.218. The minimum Gasteiger partial charge on any atom is -0.378 e. The molecule has 2 rings (SSSR count). The summed E-state index contributed by atoms with van der Waals surface area (Å²) in [4.78, 5) is 0. The van der Waals surface area contributed by atoms with Gasteiger partial charge in [-0.1, -0.05) is 52.1 Å². The van der Waals surface area contributed by atoms with E-state index in [0.29, 0.717) is 10.0 Å². The van der Waals surface area contributed by atoms with Crippen molar-refractivity contribution in [3.63, 3.8) is 0 Å². The summed E-state index contributed by atoms with van der Waals surface area (Å²) in [5.74, 6) is 0. The normalized spacial score (nSPS) is 12.2. The average molecular weight is 359 g/mol. The highest BCUT2D eigenvalue weighted by Crippen LogP contribution is 2.29. The molecule has 1 nitrogen and oxygen atoms in total. The number of hydrogen-bond donors (Lipinski definition) is 1. The highest BCUT2D eigenvalue weighted by molar-refractivity contribution is 9.10. The molecule has 0 radical (unpaired) electrons. The maximum Gasteiger partial charge on any atom is 0.0595 e. The van der Waals surface area contributed by atoms with E-state index in [2.05, 4.69) is 28.2 Å². The maximum absolute atomic E-state index is 6.07. The number of benzene rings is 2. The molecule has 0 saturated heterocycles. The summed E-state index contributed by atoms with van der Waals surface area (Å²) in [7, 11) is 0. The van der Waals surface area contributed by atoms with E-state index in [4.69, 9.17) is 23.2 Å². The van der Waals surface area contributed by atoms with Crippen LogP contribution in [0, 0.1) is 0 Å². The molecule has 0 bridgehead atoms. The standard InChI is InChI=1S/C15H14BrCl2N/c1-2-15(10-3-8-13(17)14(18)9-10)19-12-6-4-11(16)5-7-12/h3-9,15,19H,2H2,1H3. The molecule has 100 valence electrons. The van der Waals surface area contributed by atoms with Crippen LogP contribution in [0.2, 0.25) is 10.0 Å². The molecule has 1 unspecified atom stereocenters. The molecule has 1 N–H and O–H groups in total. The summed E-state index contributed by atoms with van der Waals surface area (Å²) in [6, 6.07) is 14.1. The molecular weight excluding hydrogens is 345 g/mol. The Bertz CT molecular complexity index is 555. The van der Waals surface area contributed by atoms with Crippen molar-refractivity contribution in [3.8, 4) is 0 Å². The fourth-order valence-electron chi connectivity index (χ4n) is 1.90. The summed E-state index contributed by atoms with van der Waals surface area (Å²) in [5, 5.41) is 4.68. The van der Waals surface area contributed by atoms with Crippen molar-refractivity contribution in [1.82, 2.24) is 0 Å². The van der Waals surface area contributed by atoms with Crippen LogP contribution in [0.5, 0.6) is 0 Å². The molecule has 0 fully saturated rings. The molecule has 19 heavy (non-hydrogen) atoms. The molecule has 0 aliphatic rings. The van der Waals surface area contributed by atoms with Gasteiger partial charge in [-0.05, 0) is 48.4 Å². The Kier molecular flexibility index (Phi) is 5.14. The van der Waals surface area contributed by atoms with Crippen LogP contribution in [0.3, 0.4) is 0 Å². The van der Waals surface area contributed by atoms with Crippen molar-refractivity contribution in [2.45, 2.75) is 19.4 Å². The van der Waals surface area contributed by atoms with Crippen molar-refractivity contribution in [2.24, 2.45) is 0 Å². The first-order valence-corrected chi connectivity index (χ1v) is 7.62. The molecule has 2 aromatic carbocycles. The lowest BCUT2D eigenvalue weighted by atomic mass is 10.0. The zero-order chi connectivity index (χ0) is 13.8. The minimum absolute atomic E-state index is 0.218. The first-order valence-electron chi connectivity index (χ1n) is 6.07. The predicted molar refractivity (Wildman–Crippen MR) is 87.3 cm³/mol. The van der Waals surface area contributed by atoms with Gasteiger partial charge in [-0.2, -0.15) is 0 Å². The van der Waals surface area contributed by atoms with E-state index in [-0.39, 0.29) is 6.04 Å². The quantitative estimate of drug-likeness (QED) is 0.674. The fourth-order valence-corrected chi connectivity index (χ4v) is 2.47. The van der Waals surface area contributed by atoms with Crippen LogP contribution in [0.1, 0.15) is 24.9 Å². The summed E-state index contributed by atoms with van der Waals surface area (Å²) >= 11 is 15.5. The molecular formula is C15H14BrCl2N. The largest absolute Gasteiger partial charge is 0.378 e. The van der Waals surface area contributed by atoms with Gasteiger partial charge in [-0.15, -0.1) is 0 Å². The van der Waals surface area contributed by atoms with Gasteiger partial charge in [-0.25, -0.2) is 0 Å². The number of halogens is 3. The Labute approximate surface area is 132 Å². The van der Waals surface area contributed by atoms with E-state index in [1.165, 1.54) is 0 Å². The molecule has 0 spiro atoms. The van der Waals surface area contributed by atoms with Crippen LogP contribution in [-0.2, 0) is 0 Å². The second-order valence-corrected chi connectivity index (χ2v) is 6.02. The second-order valence-electron chi connectivity index (χ2n) is 4.29. The summed E-state index contributed by atoms with van der Waals surface area (Å²) in [6.07, 6.45) is 0.966. The Balaban J connectivity index is 2.19. The summed E-state index contributed by atoms with van der Waals surface area (Å²) < 4.78 is 1.07. The molecule has 2 aromatic rings. The topological polar surface area (TPSA) is 12.0 Å². The van der Waals surface area contributed by atoms with Gasteiger partial charge in [0.05, 0.1) is 16.1 Å². The van der Waals surface area contributed by atoms with E-state index >= 15 is 0 Å². The molecule has 0 saturated carbocycles. The summed E-state index contributed by atoms with van der Waals surface area (Å²) in [6.45, 7) is 2.14.